The van der Waals surface area contributed by atoms with Crippen molar-refractivity contribution in [1.82, 2.24) is 0 Å². The van der Waals surface area contributed by atoms with Gasteiger partial charge in [-0.1, -0.05) is 51.2 Å². The Morgan fingerprint density at radius 1 is 0.926 bits per heavy atom. The summed E-state index contributed by atoms with van der Waals surface area (Å²) in [7, 11) is 0. The summed E-state index contributed by atoms with van der Waals surface area (Å²) < 4.78 is 19.7. The van der Waals surface area contributed by atoms with Gasteiger partial charge in [-0.3, -0.25) is 0 Å². The number of halogens is 1. The number of benzene rings is 1. The molecular weight excluding hydrogens is 335 g/mol. The van der Waals surface area contributed by atoms with Gasteiger partial charge in [0.1, 0.15) is 5.82 Å². The predicted molar refractivity (Wildman–Crippen MR) is 111 cm³/mol. The molecule has 0 saturated heterocycles. The van der Waals surface area contributed by atoms with Gasteiger partial charge in [-0.15, -0.1) is 0 Å². The zero-order valence-corrected chi connectivity index (χ0v) is 17.5. The minimum Gasteiger partial charge on any atom is -0.377 e. The summed E-state index contributed by atoms with van der Waals surface area (Å²) in [5, 5.41) is 0. The van der Waals surface area contributed by atoms with Crippen LogP contribution in [-0.4, -0.2) is 6.61 Å². The molecule has 0 heterocycles. The van der Waals surface area contributed by atoms with Crippen LogP contribution in [0.2, 0.25) is 0 Å². The van der Waals surface area contributed by atoms with E-state index in [9.17, 15) is 4.39 Å². The highest BCUT2D eigenvalue weighted by Crippen LogP contribution is 2.44. The second-order valence-corrected chi connectivity index (χ2v) is 9.02. The van der Waals surface area contributed by atoms with Gasteiger partial charge in [-0.2, -0.15) is 0 Å². The van der Waals surface area contributed by atoms with Crippen molar-refractivity contribution >= 4 is 0 Å². The van der Waals surface area contributed by atoms with Crippen LogP contribution in [0.4, 0.5) is 4.39 Å². The summed E-state index contributed by atoms with van der Waals surface area (Å²) in [5.74, 6) is 3.37. The third-order valence-electron chi connectivity index (χ3n) is 7.31. The maximum Gasteiger partial charge on any atom is 0.129 e. The molecule has 0 radical (unpaired) electrons. The molecule has 0 spiro atoms. The molecule has 0 bridgehead atoms. The fourth-order valence-corrected chi connectivity index (χ4v) is 5.51. The van der Waals surface area contributed by atoms with Crippen LogP contribution in [-0.2, 0) is 11.3 Å². The Morgan fingerprint density at radius 3 is 2.19 bits per heavy atom. The van der Waals surface area contributed by atoms with Crippen molar-refractivity contribution in [3.8, 4) is 0 Å². The lowest BCUT2D eigenvalue weighted by atomic mass is 9.68. The Labute approximate surface area is 166 Å². The van der Waals surface area contributed by atoms with Crippen LogP contribution in [0.5, 0.6) is 0 Å². The molecule has 2 saturated carbocycles. The van der Waals surface area contributed by atoms with Gasteiger partial charge in [0.05, 0.1) is 6.61 Å². The average molecular weight is 375 g/mol. The fourth-order valence-electron chi connectivity index (χ4n) is 5.51. The van der Waals surface area contributed by atoms with Gasteiger partial charge in [0, 0.05) is 12.2 Å². The molecule has 1 aromatic rings. The maximum absolute atomic E-state index is 14.3. The monoisotopic (exact) mass is 374 g/mol. The van der Waals surface area contributed by atoms with E-state index in [4.69, 9.17) is 4.74 Å². The summed E-state index contributed by atoms with van der Waals surface area (Å²) in [6.07, 6.45) is 15.3. The second kappa shape index (κ2) is 10.6. The molecule has 0 N–H and O–H groups in total. The molecule has 0 unspecified atom stereocenters. The summed E-state index contributed by atoms with van der Waals surface area (Å²) in [6.45, 7) is 5.27. The molecule has 3 rings (SSSR count). The van der Waals surface area contributed by atoms with Crippen molar-refractivity contribution < 1.29 is 9.13 Å². The van der Waals surface area contributed by atoms with Gasteiger partial charge < -0.3 is 4.74 Å². The smallest absolute Gasteiger partial charge is 0.129 e. The lowest BCUT2D eigenvalue weighted by Crippen LogP contribution is -2.25. The van der Waals surface area contributed by atoms with E-state index in [2.05, 4.69) is 13.0 Å². The quantitative estimate of drug-likeness (QED) is 0.454. The Balaban J connectivity index is 1.46. The first-order valence-corrected chi connectivity index (χ1v) is 11.6. The molecule has 2 heteroatoms. The van der Waals surface area contributed by atoms with Gasteiger partial charge in [0.15, 0.2) is 0 Å². The number of rotatable bonds is 8. The predicted octanol–water partition coefficient (Wildman–Crippen LogP) is 7.63. The molecule has 0 aliphatic heterocycles. The first kappa shape index (κ1) is 20.8. The van der Waals surface area contributed by atoms with Gasteiger partial charge in [-0.25, -0.2) is 4.39 Å². The molecule has 2 aliphatic carbocycles. The van der Waals surface area contributed by atoms with Crippen LogP contribution >= 0.6 is 0 Å². The molecular formula is C25H39FO. The molecule has 1 aromatic carbocycles. The first-order valence-electron chi connectivity index (χ1n) is 11.6. The standard InChI is InChI=1S/C25H39FO/c1-3-5-6-19-7-9-20(10-8-19)21-11-13-22(14-12-21)23-15-16-24(18-27-4-2)25(26)17-23/h15-17,19-22H,3-14,18H2,1-2H3. The van der Waals surface area contributed by atoms with E-state index < -0.39 is 0 Å². The number of hydrogen-bond donors (Lipinski definition) is 0. The van der Waals surface area contributed by atoms with Crippen molar-refractivity contribution in [1.29, 1.82) is 0 Å². The Bertz CT molecular complexity index is 553. The molecule has 1 nitrogen and oxygen atoms in total. The van der Waals surface area contributed by atoms with E-state index in [0.29, 0.717) is 24.7 Å². The van der Waals surface area contributed by atoms with Crippen LogP contribution < -0.4 is 0 Å². The van der Waals surface area contributed by atoms with Crippen molar-refractivity contribution in [2.75, 3.05) is 6.61 Å². The molecule has 0 amide bonds. The molecule has 152 valence electrons. The minimum atomic E-state index is -0.0894. The Kier molecular flexibility index (Phi) is 8.18. The van der Waals surface area contributed by atoms with Crippen molar-refractivity contribution in [3.63, 3.8) is 0 Å². The van der Waals surface area contributed by atoms with Gasteiger partial charge in [0.25, 0.3) is 0 Å². The largest absolute Gasteiger partial charge is 0.377 e. The van der Waals surface area contributed by atoms with Crippen LogP contribution in [0.15, 0.2) is 18.2 Å². The Hall–Kier alpha value is -0.890. The highest BCUT2D eigenvalue weighted by molar-refractivity contribution is 5.27. The van der Waals surface area contributed by atoms with E-state index in [1.165, 1.54) is 76.2 Å². The Morgan fingerprint density at radius 2 is 1.59 bits per heavy atom. The molecule has 27 heavy (non-hydrogen) atoms. The summed E-state index contributed by atoms with van der Waals surface area (Å²) in [6, 6.07) is 5.85. The SMILES string of the molecule is CCCCC1CCC(C2CCC(c3ccc(COCC)c(F)c3)CC2)CC1. The molecule has 2 fully saturated rings. The van der Waals surface area contributed by atoms with Crippen molar-refractivity contribution in [2.45, 2.75) is 97.0 Å². The zero-order valence-electron chi connectivity index (χ0n) is 17.5. The van der Waals surface area contributed by atoms with E-state index in [0.717, 1.165) is 17.8 Å². The molecule has 0 aromatic heterocycles. The number of ether oxygens (including phenoxy) is 1. The average Bonchev–Trinajstić information content (AvgIpc) is 2.72. The number of hydrogen-bond acceptors (Lipinski definition) is 1. The van der Waals surface area contributed by atoms with E-state index in [1.807, 2.05) is 13.0 Å². The summed E-state index contributed by atoms with van der Waals surface area (Å²) in [4.78, 5) is 0. The molecule has 2 aliphatic rings. The first-order chi connectivity index (χ1) is 13.2. The lowest BCUT2D eigenvalue weighted by molar-refractivity contribution is 0.131. The second-order valence-electron chi connectivity index (χ2n) is 9.02. The van der Waals surface area contributed by atoms with Crippen molar-refractivity contribution in [3.05, 3.63) is 35.1 Å². The van der Waals surface area contributed by atoms with E-state index in [1.54, 1.807) is 6.07 Å². The highest BCUT2D eigenvalue weighted by atomic mass is 19.1. The number of unbranched alkanes of at least 4 members (excludes halogenated alkanes) is 1. The van der Waals surface area contributed by atoms with Crippen LogP contribution in [0.3, 0.4) is 0 Å². The van der Waals surface area contributed by atoms with Crippen LogP contribution in [0.25, 0.3) is 0 Å². The zero-order chi connectivity index (χ0) is 19.1. The lowest BCUT2D eigenvalue weighted by Gasteiger charge is -2.38. The van der Waals surface area contributed by atoms with Gasteiger partial charge >= 0.3 is 0 Å². The topological polar surface area (TPSA) is 9.23 Å². The van der Waals surface area contributed by atoms with Gasteiger partial charge in [0.2, 0.25) is 0 Å². The normalized spacial score (nSPS) is 29.0. The summed E-state index contributed by atoms with van der Waals surface area (Å²) >= 11 is 0. The molecule has 0 atom stereocenters. The maximum atomic E-state index is 14.3. The highest BCUT2D eigenvalue weighted by Gasteiger charge is 2.31. The van der Waals surface area contributed by atoms with Crippen molar-refractivity contribution in [2.24, 2.45) is 17.8 Å². The minimum absolute atomic E-state index is 0.0894. The third-order valence-corrected chi connectivity index (χ3v) is 7.31. The van der Waals surface area contributed by atoms with Gasteiger partial charge in [-0.05, 0) is 80.8 Å². The fraction of sp³-hybridized carbons (Fsp3) is 0.760. The summed E-state index contributed by atoms with van der Waals surface area (Å²) in [5.41, 5.74) is 1.89. The van der Waals surface area contributed by atoms with Crippen LogP contribution in [0.1, 0.15) is 102 Å². The van der Waals surface area contributed by atoms with E-state index in [-0.39, 0.29) is 5.82 Å². The van der Waals surface area contributed by atoms with Crippen LogP contribution in [0, 0.1) is 23.6 Å². The van der Waals surface area contributed by atoms with E-state index >= 15 is 0 Å². The third kappa shape index (κ3) is 5.79.